The fourth-order valence-corrected chi connectivity index (χ4v) is 2.82. The number of nitrogens with one attached hydrogen (secondary N) is 1. The van der Waals surface area contributed by atoms with Crippen LogP contribution in [-0.4, -0.2) is 59.3 Å². The summed E-state index contributed by atoms with van der Waals surface area (Å²) in [5, 5.41) is 3.47. The molecule has 1 aliphatic heterocycles. The van der Waals surface area contributed by atoms with Crippen LogP contribution in [0.3, 0.4) is 0 Å². The lowest BCUT2D eigenvalue weighted by Gasteiger charge is -2.32. The summed E-state index contributed by atoms with van der Waals surface area (Å²) in [6.45, 7) is 4.57. The molecule has 25 heavy (non-hydrogen) atoms. The van der Waals surface area contributed by atoms with Crippen LogP contribution in [0.15, 0.2) is 29.3 Å². The van der Waals surface area contributed by atoms with Crippen molar-refractivity contribution in [1.82, 2.24) is 10.2 Å². The summed E-state index contributed by atoms with van der Waals surface area (Å²) in [7, 11) is 1.52. The first-order valence-corrected chi connectivity index (χ1v) is 9.24. The Morgan fingerprint density at radius 1 is 1.28 bits per heavy atom. The standard InChI is InChI=1S/C16H20Cl3N3O2S/c1-11-3-5-12(6-4-11)13(23-2)20-14(16(17,18)19)21-15(25)22-7-9-24-10-8-22/h3-6,14H,7-10H2,1-2H3,(H,21,25)/t14-/m1/s1. The molecule has 138 valence electrons. The summed E-state index contributed by atoms with van der Waals surface area (Å²) < 4.78 is 9.00. The molecule has 1 aromatic carbocycles. The molecule has 0 radical (unpaired) electrons. The van der Waals surface area contributed by atoms with Crippen molar-refractivity contribution < 1.29 is 9.47 Å². The van der Waals surface area contributed by atoms with Crippen LogP contribution < -0.4 is 5.32 Å². The Morgan fingerprint density at radius 3 is 2.40 bits per heavy atom. The lowest BCUT2D eigenvalue weighted by molar-refractivity contribution is 0.0674. The van der Waals surface area contributed by atoms with E-state index in [9.17, 15) is 0 Å². The summed E-state index contributed by atoms with van der Waals surface area (Å²) in [6, 6.07) is 7.71. The number of alkyl halides is 3. The van der Waals surface area contributed by atoms with Crippen LogP contribution in [0.5, 0.6) is 0 Å². The Morgan fingerprint density at radius 2 is 1.88 bits per heavy atom. The minimum Gasteiger partial charge on any atom is -0.481 e. The zero-order chi connectivity index (χ0) is 18.4. The number of hydrogen-bond acceptors (Lipinski definition) is 4. The molecule has 1 fully saturated rings. The van der Waals surface area contributed by atoms with E-state index in [1.54, 1.807) is 0 Å². The van der Waals surface area contributed by atoms with Crippen molar-refractivity contribution in [2.45, 2.75) is 16.9 Å². The largest absolute Gasteiger partial charge is 0.481 e. The molecule has 0 amide bonds. The van der Waals surface area contributed by atoms with Gasteiger partial charge in [0, 0.05) is 18.7 Å². The Hall–Kier alpha value is -0.790. The lowest BCUT2D eigenvalue weighted by Crippen LogP contribution is -2.52. The van der Waals surface area contributed by atoms with E-state index in [0.29, 0.717) is 37.3 Å². The number of ether oxygens (including phenoxy) is 2. The van der Waals surface area contributed by atoms with Gasteiger partial charge >= 0.3 is 0 Å². The van der Waals surface area contributed by atoms with E-state index in [4.69, 9.17) is 56.5 Å². The number of nitrogens with zero attached hydrogens (tertiary/aromatic N) is 2. The molecule has 1 saturated heterocycles. The Kier molecular flexibility index (Phi) is 7.58. The fourth-order valence-electron chi connectivity index (χ4n) is 2.22. The molecule has 0 saturated carbocycles. The summed E-state index contributed by atoms with van der Waals surface area (Å²) in [4.78, 5) is 6.40. The fraction of sp³-hybridized carbons (Fsp3) is 0.500. The third-order valence-corrected chi connectivity index (χ3v) is 4.60. The number of rotatable bonds is 3. The smallest absolute Gasteiger partial charge is 0.230 e. The number of morpholine rings is 1. The van der Waals surface area contributed by atoms with Crippen LogP contribution >= 0.6 is 47.0 Å². The highest BCUT2D eigenvalue weighted by atomic mass is 35.6. The van der Waals surface area contributed by atoms with Gasteiger partial charge in [-0.05, 0) is 31.3 Å². The SMILES string of the molecule is COC(=N[C@H](NC(=S)N1CCOCC1)C(Cl)(Cl)Cl)c1ccc(C)cc1. The van der Waals surface area contributed by atoms with E-state index < -0.39 is 9.96 Å². The van der Waals surface area contributed by atoms with E-state index >= 15 is 0 Å². The second kappa shape index (κ2) is 9.24. The third kappa shape index (κ3) is 6.15. The average molecular weight is 425 g/mol. The van der Waals surface area contributed by atoms with Gasteiger partial charge in [0.25, 0.3) is 0 Å². The summed E-state index contributed by atoms with van der Waals surface area (Å²) in [6.07, 6.45) is -0.899. The predicted octanol–water partition coefficient (Wildman–Crippen LogP) is 3.29. The first kappa shape index (κ1) is 20.5. The number of aliphatic imine (C=N–C) groups is 1. The lowest BCUT2D eigenvalue weighted by atomic mass is 10.1. The maximum atomic E-state index is 6.10. The van der Waals surface area contributed by atoms with E-state index in [1.807, 2.05) is 36.1 Å². The van der Waals surface area contributed by atoms with E-state index in [-0.39, 0.29) is 0 Å². The van der Waals surface area contributed by atoms with Gasteiger partial charge in [0.05, 0.1) is 20.3 Å². The number of aryl methyl sites for hydroxylation is 1. The topological polar surface area (TPSA) is 46.1 Å². The van der Waals surface area contributed by atoms with Crippen molar-refractivity contribution in [2.75, 3.05) is 33.4 Å². The summed E-state index contributed by atoms with van der Waals surface area (Å²) in [5.41, 5.74) is 1.91. The third-order valence-electron chi connectivity index (χ3n) is 3.61. The zero-order valence-electron chi connectivity index (χ0n) is 14.0. The molecular weight excluding hydrogens is 405 g/mol. The Labute approximate surface area is 168 Å². The van der Waals surface area contributed by atoms with Crippen molar-refractivity contribution in [1.29, 1.82) is 0 Å². The van der Waals surface area contributed by atoms with Gasteiger partial charge < -0.3 is 19.7 Å². The number of benzene rings is 1. The minimum atomic E-state index is -1.70. The van der Waals surface area contributed by atoms with E-state index in [1.165, 1.54) is 7.11 Å². The normalized spacial score (nSPS) is 17.2. The van der Waals surface area contributed by atoms with Crippen LogP contribution in [-0.2, 0) is 9.47 Å². The van der Waals surface area contributed by atoms with Crippen molar-refractivity contribution in [2.24, 2.45) is 4.99 Å². The monoisotopic (exact) mass is 423 g/mol. The number of thiocarbonyl (C=S) groups is 1. The Bertz CT molecular complexity index is 614. The van der Waals surface area contributed by atoms with Crippen molar-refractivity contribution >= 4 is 58.0 Å². The molecule has 0 spiro atoms. The molecule has 0 bridgehead atoms. The van der Waals surface area contributed by atoms with Crippen LogP contribution in [0.1, 0.15) is 11.1 Å². The highest BCUT2D eigenvalue weighted by Crippen LogP contribution is 2.31. The molecular formula is C16H20Cl3N3O2S. The zero-order valence-corrected chi connectivity index (χ0v) is 17.1. The second-order valence-corrected chi connectivity index (χ2v) is 8.25. The quantitative estimate of drug-likeness (QED) is 0.349. The molecule has 1 aromatic rings. The number of halogens is 3. The van der Waals surface area contributed by atoms with Gasteiger partial charge in [0.15, 0.2) is 11.3 Å². The van der Waals surface area contributed by atoms with Crippen molar-refractivity contribution in [3.8, 4) is 0 Å². The van der Waals surface area contributed by atoms with Crippen LogP contribution in [0, 0.1) is 6.92 Å². The molecule has 1 aliphatic rings. The molecule has 0 aromatic heterocycles. The van der Waals surface area contributed by atoms with Gasteiger partial charge in [-0.2, -0.15) is 0 Å². The van der Waals surface area contributed by atoms with Gasteiger partial charge in [0.2, 0.25) is 9.69 Å². The minimum absolute atomic E-state index is 0.355. The van der Waals surface area contributed by atoms with Crippen LogP contribution in [0.4, 0.5) is 0 Å². The molecule has 5 nitrogen and oxygen atoms in total. The first-order valence-electron chi connectivity index (χ1n) is 7.70. The molecule has 0 aliphatic carbocycles. The molecule has 1 atom stereocenters. The molecule has 2 rings (SSSR count). The summed E-state index contributed by atoms with van der Waals surface area (Å²) >= 11 is 23.7. The number of hydrogen-bond donors (Lipinski definition) is 1. The van der Waals surface area contributed by atoms with Gasteiger partial charge in [-0.3, -0.25) is 0 Å². The van der Waals surface area contributed by atoms with E-state index in [2.05, 4.69) is 10.3 Å². The second-order valence-electron chi connectivity index (χ2n) is 5.50. The first-order chi connectivity index (χ1) is 11.8. The number of methoxy groups -OCH3 is 1. The maximum absolute atomic E-state index is 6.10. The Balaban J connectivity index is 2.20. The van der Waals surface area contributed by atoms with Crippen LogP contribution in [0.25, 0.3) is 0 Å². The predicted molar refractivity (Wildman–Crippen MR) is 107 cm³/mol. The maximum Gasteiger partial charge on any atom is 0.230 e. The van der Waals surface area contributed by atoms with Gasteiger partial charge in [-0.1, -0.05) is 52.5 Å². The van der Waals surface area contributed by atoms with Gasteiger partial charge in [-0.25, -0.2) is 4.99 Å². The van der Waals surface area contributed by atoms with Crippen LogP contribution in [0.2, 0.25) is 0 Å². The van der Waals surface area contributed by atoms with Crippen molar-refractivity contribution in [3.63, 3.8) is 0 Å². The molecule has 1 heterocycles. The van der Waals surface area contributed by atoms with Gasteiger partial charge in [0.1, 0.15) is 0 Å². The highest BCUT2D eigenvalue weighted by molar-refractivity contribution is 7.80. The van der Waals surface area contributed by atoms with Gasteiger partial charge in [-0.15, -0.1) is 0 Å². The summed E-state index contributed by atoms with van der Waals surface area (Å²) in [5.74, 6) is 0.355. The average Bonchev–Trinajstić information content (AvgIpc) is 2.59. The molecule has 0 unspecified atom stereocenters. The van der Waals surface area contributed by atoms with E-state index in [0.717, 1.165) is 11.1 Å². The molecule has 9 heteroatoms. The highest BCUT2D eigenvalue weighted by Gasteiger charge is 2.35. The molecule has 1 N–H and O–H groups in total. The van der Waals surface area contributed by atoms with Crippen molar-refractivity contribution in [3.05, 3.63) is 35.4 Å².